The zero-order valence-corrected chi connectivity index (χ0v) is 18.2. The van der Waals surface area contributed by atoms with Gasteiger partial charge in [-0.05, 0) is 25.7 Å². The van der Waals surface area contributed by atoms with Crippen LogP contribution in [-0.2, 0) is 0 Å². The van der Waals surface area contributed by atoms with Gasteiger partial charge in [0.15, 0.2) is 0 Å². The van der Waals surface area contributed by atoms with Gasteiger partial charge in [0.25, 0.3) is 0 Å². The SMILES string of the molecule is C[Si](CC[Si](C)(C1=CCC=C1)C1=CCC=C1)(C1=CCC=C1)C1=CCC=C1. The van der Waals surface area contributed by atoms with Crippen LogP contribution in [0, 0.1) is 0 Å². The van der Waals surface area contributed by atoms with E-state index in [1.165, 1.54) is 12.1 Å². The molecule has 0 amide bonds. The van der Waals surface area contributed by atoms with E-state index in [-0.39, 0.29) is 0 Å². The molecule has 0 N–H and O–H groups in total. The monoisotopic (exact) mass is 374 g/mol. The number of hydrogen-bond acceptors (Lipinski definition) is 0. The predicted octanol–water partition coefficient (Wildman–Crippen LogP) is 6.85. The highest BCUT2D eigenvalue weighted by Gasteiger charge is 2.41. The van der Waals surface area contributed by atoms with Gasteiger partial charge in [0.1, 0.15) is 16.1 Å². The first kappa shape index (κ1) is 17.8. The summed E-state index contributed by atoms with van der Waals surface area (Å²) in [7, 11) is -3.23. The van der Waals surface area contributed by atoms with E-state index in [1.807, 2.05) is 0 Å². The van der Waals surface area contributed by atoms with Crippen LogP contribution in [0.25, 0.3) is 0 Å². The zero-order valence-electron chi connectivity index (χ0n) is 16.2. The summed E-state index contributed by atoms with van der Waals surface area (Å²) in [6, 6.07) is 2.75. The number of rotatable bonds is 7. The third-order valence-electron chi connectivity index (χ3n) is 6.76. The molecule has 2 heteroatoms. The lowest BCUT2D eigenvalue weighted by atomic mass is 10.5. The van der Waals surface area contributed by atoms with Gasteiger partial charge in [-0.15, -0.1) is 0 Å². The second-order valence-electron chi connectivity index (χ2n) is 8.35. The molecule has 4 aliphatic rings. The average Bonchev–Trinajstić information content (AvgIpc) is 3.47. The molecule has 0 bridgehead atoms. The van der Waals surface area contributed by atoms with Gasteiger partial charge in [-0.3, -0.25) is 0 Å². The fourth-order valence-electron chi connectivity index (χ4n) is 4.88. The topological polar surface area (TPSA) is 0 Å². The normalized spacial score (nSPS) is 21.5. The van der Waals surface area contributed by atoms with E-state index in [0.29, 0.717) is 0 Å². The first-order valence-corrected chi connectivity index (χ1v) is 15.5. The van der Waals surface area contributed by atoms with Crippen LogP contribution in [0.4, 0.5) is 0 Å². The molecule has 0 unspecified atom stereocenters. The fraction of sp³-hybridized carbons (Fsp3) is 0.333. The maximum absolute atomic E-state index is 2.61. The van der Waals surface area contributed by atoms with E-state index in [2.05, 4.69) is 86.0 Å². The Bertz CT molecular complexity index is 694. The molecule has 0 nitrogen and oxygen atoms in total. The minimum Gasteiger partial charge on any atom is -0.0811 e. The van der Waals surface area contributed by atoms with Crippen LogP contribution in [0.5, 0.6) is 0 Å². The quantitative estimate of drug-likeness (QED) is 0.428. The molecular formula is C24H30Si2. The standard InChI is InChI=1S/C24H30Si2/c1-25(21-11-3-4-12-21,22-13-5-6-14-22)19-20-26(2,23-15-7-8-16-23)24-17-9-10-18-24/h3,5,7,9,11-18H,4,6,8,10,19-20H2,1-2H3. The Morgan fingerprint density at radius 2 is 0.808 bits per heavy atom. The summed E-state index contributed by atoms with van der Waals surface area (Å²) in [6.07, 6.45) is 33.6. The second kappa shape index (κ2) is 7.17. The van der Waals surface area contributed by atoms with Crippen molar-refractivity contribution >= 4 is 16.1 Å². The van der Waals surface area contributed by atoms with Crippen LogP contribution in [0.2, 0.25) is 25.2 Å². The van der Waals surface area contributed by atoms with Gasteiger partial charge in [-0.1, -0.05) is 119 Å². The summed E-state index contributed by atoms with van der Waals surface area (Å²) in [6.45, 7) is 5.23. The third kappa shape index (κ3) is 3.10. The summed E-state index contributed by atoms with van der Waals surface area (Å²) < 4.78 is 0. The molecule has 0 heterocycles. The second-order valence-corrected chi connectivity index (χ2v) is 17.0. The van der Waals surface area contributed by atoms with Gasteiger partial charge in [0.05, 0.1) is 0 Å². The van der Waals surface area contributed by atoms with E-state index >= 15 is 0 Å². The van der Waals surface area contributed by atoms with Crippen LogP contribution in [-0.4, -0.2) is 16.1 Å². The van der Waals surface area contributed by atoms with Crippen LogP contribution in [0.15, 0.2) is 93.7 Å². The first-order chi connectivity index (χ1) is 12.6. The summed E-state index contributed by atoms with van der Waals surface area (Å²) in [5, 5.41) is 6.66. The summed E-state index contributed by atoms with van der Waals surface area (Å²) >= 11 is 0. The third-order valence-corrected chi connectivity index (χ3v) is 16.3. The minimum absolute atomic E-state index is 1.13. The highest BCUT2D eigenvalue weighted by Crippen LogP contribution is 2.42. The van der Waals surface area contributed by atoms with E-state index in [4.69, 9.17) is 0 Å². The van der Waals surface area contributed by atoms with E-state index in [1.54, 1.807) is 20.8 Å². The maximum Gasteiger partial charge on any atom is 0.114 e. The first-order valence-electron chi connectivity index (χ1n) is 10.1. The smallest absolute Gasteiger partial charge is 0.0811 e. The number of allylic oxidation sites excluding steroid dienone is 16. The molecule has 4 aliphatic carbocycles. The van der Waals surface area contributed by atoms with Crippen molar-refractivity contribution in [1.29, 1.82) is 0 Å². The molecule has 0 fully saturated rings. The van der Waals surface area contributed by atoms with Crippen molar-refractivity contribution in [3.05, 3.63) is 93.7 Å². The largest absolute Gasteiger partial charge is 0.114 e. The average molecular weight is 375 g/mol. The molecule has 0 aromatic carbocycles. The molecule has 0 atom stereocenters. The highest BCUT2D eigenvalue weighted by atomic mass is 28.3. The molecule has 0 radical (unpaired) electrons. The molecular weight excluding hydrogens is 344 g/mol. The fourth-order valence-corrected chi connectivity index (χ4v) is 14.9. The molecule has 26 heavy (non-hydrogen) atoms. The van der Waals surface area contributed by atoms with Gasteiger partial charge in [-0.2, -0.15) is 0 Å². The van der Waals surface area contributed by atoms with Crippen molar-refractivity contribution < 1.29 is 0 Å². The predicted molar refractivity (Wildman–Crippen MR) is 120 cm³/mol. The molecule has 0 aromatic rings. The van der Waals surface area contributed by atoms with E-state index in [0.717, 1.165) is 25.7 Å². The van der Waals surface area contributed by atoms with Crippen molar-refractivity contribution in [1.82, 2.24) is 0 Å². The summed E-state index contributed by atoms with van der Waals surface area (Å²) in [5.74, 6) is 0. The van der Waals surface area contributed by atoms with E-state index < -0.39 is 16.1 Å². The van der Waals surface area contributed by atoms with Crippen molar-refractivity contribution in [3.8, 4) is 0 Å². The van der Waals surface area contributed by atoms with Gasteiger partial charge in [0, 0.05) is 0 Å². The van der Waals surface area contributed by atoms with Gasteiger partial charge < -0.3 is 0 Å². The van der Waals surface area contributed by atoms with Gasteiger partial charge >= 0.3 is 0 Å². The maximum atomic E-state index is 2.61. The van der Waals surface area contributed by atoms with Crippen molar-refractivity contribution in [3.63, 3.8) is 0 Å². The molecule has 0 saturated carbocycles. The Labute approximate surface area is 160 Å². The summed E-state index contributed by atoms with van der Waals surface area (Å²) in [4.78, 5) is 0. The lowest BCUT2D eigenvalue weighted by molar-refractivity contribution is 1.27. The Kier molecular flexibility index (Phi) is 4.89. The Balaban J connectivity index is 1.65. The van der Waals surface area contributed by atoms with Gasteiger partial charge in [0.2, 0.25) is 0 Å². The van der Waals surface area contributed by atoms with Crippen LogP contribution in [0.3, 0.4) is 0 Å². The molecule has 0 aromatic heterocycles. The van der Waals surface area contributed by atoms with Crippen LogP contribution < -0.4 is 0 Å². The lowest BCUT2D eigenvalue weighted by Gasteiger charge is -2.36. The molecule has 0 spiro atoms. The van der Waals surface area contributed by atoms with Crippen molar-refractivity contribution in [2.75, 3.05) is 0 Å². The molecule has 0 aliphatic heterocycles. The molecule has 0 saturated heterocycles. The van der Waals surface area contributed by atoms with Crippen LogP contribution >= 0.6 is 0 Å². The summed E-state index contributed by atoms with van der Waals surface area (Å²) in [5.41, 5.74) is 0. The van der Waals surface area contributed by atoms with Crippen LogP contribution in [0.1, 0.15) is 25.7 Å². The molecule has 4 rings (SSSR count). The Morgan fingerprint density at radius 3 is 1.00 bits per heavy atom. The Morgan fingerprint density at radius 1 is 0.538 bits per heavy atom. The molecule has 134 valence electrons. The Hall–Kier alpha value is -1.65. The van der Waals surface area contributed by atoms with Crippen molar-refractivity contribution in [2.45, 2.75) is 50.9 Å². The van der Waals surface area contributed by atoms with Crippen molar-refractivity contribution in [2.24, 2.45) is 0 Å². The lowest BCUT2D eigenvalue weighted by Crippen LogP contribution is -2.41. The number of hydrogen-bond donors (Lipinski definition) is 0. The highest BCUT2D eigenvalue weighted by molar-refractivity contribution is 6.97. The van der Waals surface area contributed by atoms with Gasteiger partial charge in [-0.25, -0.2) is 0 Å². The minimum atomic E-state index is -1.61. The van der Waals surface area contributed by atoms with E-state index in [9.17, 15) is 0 Å². The zero-order chi connectivity index (χ0) is 18.0.